The van der Waals surface area contributed by atoms with Crippen molar-refractivity contribution in [3.63, 3.8) is 0 Å². The van der Waals surface area contributed by atoms with Gasteiger partial charge in [0.1, 0.15) is 5.82 Å². The van der Waals surface area contributed by atoms with E-state index in [4.69, 9.17) is 9.97 Å². The van der Waals surface area contributed by atoms with Gasteiger partial charge in [-0.2, -0.15) is 10.1 Å². The van der Waals surface area contributed by atoms with Crippen LogP contribution in [0.15, 0.2) is 36.5 Å². The van der Waals surface area contributed by atoms with Crippen LogP contribution in [-0.4, -0.2) is 52.0 Å². The van der Waals surface area contributed by atoms with Crippen LogP contribution in [0.5, 0.6) is 0 Å². The lowest BCUT2D eigenvalue weighted by atomic mass is 9.96. The van der Waals surface area contributed by atoms with Gasteiger partial charge in [0.2, 0.25) is 5.95 Å². The fraction of sp³-hybridized carbons (Fsp3) is 0.552. The van der Waals surface area contributed by atoms with Crippen molar-refractivity contribution in [2.45, 2.75) is 83.0 Å². The number of hydrogen-bond donors (Lipinski definition) is 4. The third-order valence-corrected chi connectivity index (χ3v) is 8.13. The molecule has 2 aliphatic heterocycles. The molecule has 4 N–H and O–H groups in total. The van der Waals surface area contributed by atoms with Gasteiger partial charge >= 0.3 is 0 Å². The van der Waals surface area contributed by atoms with Crippen LogP contribution in [0.1, 0.15) is 68.2 Å². The first-order valence-corrected chi connectivity index (χ1v) is 14.3. The van der Waals surface area contributed by atoms with Crippen molar-refractivity contribution in [2.75, 3.05) is 29.9 Å². The Hall–Kier alpha value is -2.97. The number of hydrogen-bond acceptors (Lipinski definition) is 7. The summed E-state index contributed by atoms with van der Waals surface area (Å²) in [5, 5.41) is 18.7. The van der Waals surface area contributed by atoms with Crippen molar-refractivity contribution in [3.8, 4) is 11.3 Å². The number of aromatic nitrogens is 4. The Bertz CT molecular complexity index is 1150. The lowest BCUT2D eigenvalue weighted by molar-refractivity contribution is 0.314. The van der Waals surface area contributed by atoms with Crippen LogP contribution in [0.4, 0.5) is 11.8 Å². The summed E-state index contributed by atoms with van der Waals surface area (Å²) in [5.74, 6) is 2.00. The summed E-state index contributed by atoms with van der Waals surface area (Å²) < 4.78 is 0. The largest absolute Gasteiger partial charge is 0.356 e. The Labute approximate surface area is 220 Å². The normalized spacial score (nSPS) is 22.3. The standard InChI is InChI=1S/C29H40N8/c1-2-9-18-37(17-8-1)28-23-13-6-7-14-24(23)33-29(35-28)34-25-15-10-16-30-27(25)31-19-22-20-32-36-26(22)21-11-4-3-5-12-21/h3-5,11-12,20,25,27,30-31H,1-2,6-10,13-19H2,(H,32,36)(H,33,34,35). The van der Waals surface area contributed by atoms with Crippen LogP contribution >= 0.6 is 0 Å². The van der Waals surface area contributed by atoms with Gasteiger partial charge in [-0.1, -0.05) is 43.2 Å². The van der Waals surface area contributed by atoms with Crippen LogP contribution in [-0.2, 0) is 19.4 Å². The molecule has 1 aromatic carbocycles. The van der Waals surface area contributed by atoms with Crippen molar-refractivity contribution in [3.05, 3.63) is 53.3 Å². The lowest BCUT2D eigenvalue weighted by Crippen LogP contribution is -2.56. The van der Waals surface area contributed by atoms with E-state index in [9.17, 15) is 0 Å². The number of rotatable bonds is 7. The second kappa shape index (κ2) is 11.6. The van der Waals surface area contributed by atoms with E-state index in [0.717, 1.165) is 69.1 Å². The first kappa shape index (κ1) is 24.4. The minimum atomic E-state index is 0.133. The zero-order valence-electron chi connectivity index (χ0n) is 21.8. The zero-order valence-corrected chi connectivity index (χ0v) is 21.8. The van der Waals surface area contributed by atoms with E-state index in [-0.39, 0.29) is 12.2 Å². The summed E-state index contributed by atoms with van der Waals surface area (Å²) in [6.45, 7) is 3.98. The topological polar surface area (TPSA) is 93.8 Å². The highest BCUT2D eigenvalue weighted by Gasteiger charge is 2.28. The molecule has 3 aliphatic rings. The molecule has 37 heavy (non-hydrogen) atoms. The molecule has 0 amide bonds. The van der Waals surface area contributed by atoms with E-state index < -0.39 is 0 Å². The summed E-state index contributed by atoms with van der Waals surface area (Å²) in [5.41, 5.74) is 6.08. The van der Waals surface area contributed by atoms with Gasteiger partial charge in [0.05, 0.1) is 29.8 Å². The van der Waals surface area contributed by atoms with Crippen LogP contribution in [0.3, 0.4) is 0 Å². The molecule has 2 fully saturated rings. The van der Waals surface area contributed by atoms with Crippen molar-refractivity contribution in [1.82, 2.24) is 30.8 Å². The Kier molecular flexibility index (Phi) is 7.65. The average molecular weight is 501 g/mol. The number of nitrogens with zero attached hydrogens (tertiary/aromatic N) is 4. The Morgan fingerprint density at radius 1 is 0.919 bits per heavy atom. The Balaban J connectivity index is 1.19. The smallest absolute Gasteiger partial charge is 0.225 e. The van der Waals surface area contributed by atoms with Gasteiger partial charge in [0.25, 0.3) is 0 Å². The molecule has 0 bridgehead atoms. The quantitative estimate of drug-likeness (QED) is 0.382. The number of H-pyrrole nitrogens is 1. The monoisotopic (exact) mass is 500 g/mol. The molecular formula is C29H40N8. The minimum absolute atomic E-state index is 0.133. The fourth-order valence-electron chi connectivity index (χ4n) is 6.13. The molecule has 8 heteroatoms. The molecule has 1 aliphatic carbocycles. The van der Waals surface area contributed by atoms with E-state index in [0.29, 0.717) is 0 Å². The van der Waals surface area contributed by atoms with Crippen molar-refractivity contribution >= 4 is 11.8 Å². The van der Waals surface area contributed by atoms with Gasteiger partial charge < -0.3 is 15.5 Å². The SMILES string of the molecule is c1ccc(-c2[nH]ncc2CNC2NCCCC2Nc2nc3c(c(N4CCCCCC4)n2)CCCC3)cc1. The predicted molar refractivity (Wildman–Crippen MR) is 149 cm³/mol. The third kappa shape index (κ3) is 5.65. The second-order valence-corrected chi connectivity index (χ2v) is 10.7. The molecule has 6 rings (SSSR count). The summed E-state index contributed by atoms with van der Waals surface area (Å²) >= 11 is 0. The summed E-state index contributed by atoms with van der Waals surface area (Å²) in [6.07, 6.45) is 14.1. The van der Waals surface area contributed by atoms with Gasteiger partial charge in [-0.15, -0.1) is 0 Å². The maximum absolute atomic E-state index is 5.18. The van der Waals surface area contributed by atoms with E-state index in [1.807, 2.05) is 12.3 Å². The number of fused-ring (bicyclic) bond motifs is 1. The molecular weight excluding hydrogens is 460 g/mol. The second-order valence-electron chi connectivity index (χ2n) is 10.7. The fourth-order valence-corrected chi connectivity index (χ4v) is 6.13. The van der Waals surface area contributed by atoms with Gasteiger partial charge in [-0.25, -0.2) is 4.98 Å². The van der Waals surface area contributed by atoms with E-state index in [1.54, 1.807) is 0 Å². The van der Waals surface area contributed by atoms with Crippen LogP contribution in [0, 0.1) is 0 Å². The number of aromatic amines is 1. The summed E-state index contributed by atoms with van der Waals surface area (Å²) in [6, 6.07) is 10.6. The first-order valence-electron chi connectivity index (χ1n) is 14.3. The number of benzene rings is 1. The molecule has 4 heterocycles. The van der Waals surface area contributed by atoms with Crippen LogP contribution in [0.2, 0.25) is 0 Å². The number of piperidine rings is 1. The van der Waals surface area contributed by atoms with Crippen molar-refractivity contribution in [2.24, 2.45) is 0 Å². The summed E-state index contributed by atoms with van der Waals surface area (Å²) in [4.78, 5) is 12.8. The first-order chi connectivity index (χ1) is 18.3. The molecule has 0 radical (unpaired) electrons. The highest BCUT2D eigenvalue weighted by molar-refractivity contribution is 5.62. The lowest BCUT2D eigenvalue weighted by Gasteiger charge is -2.35. The molecule has 8 nitrogen and oxygen atoms in total. The van der Waals surface area contributed by atoms with Crippen molar-refractivity contribution in [1.29, 1.82) is 0 Å². The molecule has 2 aromatic heterocycles. The maximum atomic E-state index is 5.18. The van der Waals surface area contributed by atoms with Gasteiger partial charge in [0, 0.05) is 30.8 Å². The maximum Gasteiger partial charge on any atom is 0.225 e. The summed E-state index contributed by atoms with van der Waals surface area (Å²) in [7, 11) is 0. The molecule has 196 valence electrons. The van der Waals surface area contributed by atoms with E-state index >= 15 is 0 Å². The Morgan fingerprint density at radius 3 is 2.62 bits per heavy atom. The van der Waals surface area contributed by atoms with Crippen LogP contribution < -0.4 is 20.9 Å². The number of nitrogens with one attached hydrogen (secondary N) is 4. The van der Waals surface area contributed by atoms with Crippen molar-refractivity contribution < 1.29 is 0 Å². The third-order valence-electron chi connectivity index (χ3n) is 8.13. The molecule has 0 saturated carbocycles. The van der Waals surface area contributed by atoms with Gasteiger partial charge in [-0.05, 0) is 63.5 Å². The highest BCUT2D eigenvalue weighted by atomic mass is 15.3. The van der Waals surface area contributed by atoms with E-state index in [2.05, 4.69) is 55.3 Å². The highest BCUT2D eigenvalue weighted by Crippen LogP contribution is 2.31. The number of aryl methyl sites for hydroxylation is 1. The minimum Gasteiger partial charge on any atom is -0.356 e. The molecule has 3 aromatic rings. The molecule has 2 atom stereocenters. The molecule has 0 spiro atoms. The van der Waals surface area contributed by atoms with Crippen LogP contribution in [0.25, 0.3) is 11.3 Å². The van der Waals surface area contributed by atoms with Gasteiger partial charge in [-0.3, -0.25) is 10.4 Å². The molecule has 2 saturated heterocycles. The van der Waals surface area contributed by atoms with E-state index in [1.165, 1.54) is 61.2 Å². The average Bonchev–Trinajstić information content (AvgIpc) is 3.25. The number of anilines is 2. The predicted octanol–water partition coefficient (Wildman–Crippen LogP) is 4.41. The van der Waals surface area contributed by atoms with Gasteiger partial charge in [0.15, 0.2) is 0 Å². The Morgan fingerprint density at radius 2 is 1.76 bits per heavy atom. The molecule has 2 unspecified atom stereocenters. The zero-order chi connectivity index (χ0) is 24.9.